The molecule has 0 aromatic carbocycles. The molecule has 0 heterocycles. The second kappa shape index (κ2) is 4.28. The highest BCUT2D eigenvalue weighted by Crippen LogP contribution is 2.29. The molecule has 0 aromatic heterocycles. The van der Waals surface area contributed by atoms with E-state index in [1.54, 1.807) is 0 Å². The lowest BCUT2D eigenvalue weighted by molar-refractivity contribution is -0.164. The second-order valence-electron chi connectivity index (χ2n) is 4.65. The standard InChI is InChI=1S/C10H18O4/c1-10(2,3)14-8-4-7(5-8)13-6-9(11)12/h7-8H,4-6H2,1-3H3,(H,11,12). The molecular formula is C10H18O4. The van der Waals surface area contributed by atoms with E-state index in [0.29, 0.717) is 0 Å². The Bertz CT molecular complexity index is 201. The summed E-state index contributed by atoms with van der Waals surface area (Å²) < 4.78 is 10.8. The van der Waals surface area contributed by atoms with Crippen LogP contribution >= 0.6 is 0 Å². The molecular weight excluding hydrogens is 184 g/mol. The highest BCUT2D eigenvalue weighted by molar-refractivity contribution is 5.68. The monoisotopic (exact) mass is 202 g/mol. The summed E-state index contributed by atoms with van der Waals surface area (Å²) in [5.74, 6) is -0.912. The van der Waals surface area contributed by atoms with E-state index in [1.807, 2.05) is 20.8 Å². The molecule has 1 saturated carbocycles. The molecule has 4 heteroatoms. The molecule has 0 aromatic rings. The maximum Gasteiger partial charge on any atom is 0.329 e. The first-order valence-electron chi connectivity index (χ1n) is 4.88. The van der Waals surface area contributed by atoms with Crippen molar-refractivity contribution < 1.29 is 19.4 Å². The Hall–Kier alpha value is -0.610. The van der Waals surface area contributed by atoms with Gasteiger partial charge in [0, 0.05) is 12.8 Å². The van der Waals surface area contributed by atoms with Crippen LogP contribution in [0.25, 0.3) is 0 Å². The van der Waals surface area contributed by atoms with Crippen LogP contribution in [0.5, 0.6) is 0 Å². The van der Waals surface area contributed by atoms with Crippen molar-refractivity contribution in [3.05, 3.63) is 0 Å². The van der Waals surface area contributed by atoms with Crippen LogP contribution in [0.2, 0.25) is 0 Å². The summed E-state index contributed by atoms with van der Waals surface area (Å²) >= 11 is 0. The Morgan fingerprint density at radius 2 is 1.93 bits per heavy atom. The third-order valence-corrected chi connectivity index (χ3v) is 2.01. The number of ether oxygens (including phenoxy) is 2. The zero-order valence-electron chi connectivity index (χ0n) is 8.95. The Balaban J connectivity index is 2.09. The molecule has 0 spiro atoms. The van der Waals surface area contributed by atoms with Gasteiger partial charge in [-0.2, -0.15) is 0 Å². The molecule has 14 heavy (non-hydrogen) atoms. The fourth-order valence-electron chi connectivity index (χ4n) is 1.44. The maximum absolute atomic E-state index is 10.2. The smallest absolute Gasteiger partial charge is 0.329 e. The van der Waals surface area contributed by atoms with Crippen molar-refractivity contribution in [1.29, 1.82) is 0 Å². The van der Waals surface area contributed by atoms with E-state index in [0.717, 1.165) is 12.8 Å². The zero-order chi connectivity index (χ0) is 10.8. The van der Waals surface area contributed by atoms with E-state index in [2.05, 4.69) is 0 Å². The summed E-state index contributed by atoms with van der Waals surface area (Å²) in [5, 5.41) is 8.38. The SMILES string of the molecule is CC(C)(C)OC1CC(OCC(=O)O)C1. The number of hydrogen-bond acceptors (Lipinski definition) is 3. The van der Waals surface area contributed by atoms with Gasteiger partial charge in [-0.3, -0.25) is 0 Å². The van der Waals surface area contributed by atoms with Gasteiger partial charge in [-0.05, 0) is 20.8 Å². The van der Waals surface area contributed by atoms with Crippen molar-refractivity contribution in [1.82, 2.24) is 0 Å². The molecule has 0 amide bonds. The van der Waals surface area contributed by atoms with Crippen LogP contribution in [-0.2, 0) is 14.3 Å². The number of carboxylic acids is 1. The van der Waals surface area contributed by atoms with Crippen molar-refractivity contribution in [3.63, 3.8) is 0 Å². The first kappa shape index (κ1) is 11.5. The number of hydrogen-bond donors (Lipinski definition) is 1. The Kier molecular flexibility index (Phi) is 3.50. The minimum absolute atomic E-state index is 0.0680. The van der Waals surface area contributed by atoms with E-state index in [-0.39, 0.29) is 24.4 Å². The summed E-state index contributed by atoms with van der Waals surface area (Å²) in [6, 6.07) is 0. The normalized spacial score (nSPS) is 27.1. The van der Waals surface area contributed by atoms with Gasteiger partial charge in [-0.1, -0.05) is 0 Å². The summed E-state index contributed by atoms with van der Waals surface area (Å²) in [4.78, 5) is 10.2. The van der Waals surface area contributed by atoms with Gasteiger partial charge in [0.2, 0.25) is 0 Å². The molecule has 1 N–H and O–H groups in total. The van der Waals surface area contributed by atoms with Crippen LogP contribution in [0.1, 0.15) is 33.6 Å². The van der Waals surface area contributed by atoms with Crippen LogP contribution < -0.4 is 0 Å². The lowest BCUT2D eigenvalue weighted by Crippen LogP contribution is -2.42. The Morgan fingerprint density at radius 1 is 1.36 bits per heavy atom. The lowest BCUT2D eigenvalue weighted by Gasteiger charge is -2.38. The average molecular weight is 202 g/mol. The van der Waals surface area contributed by atoms with Crippen LogP contribution in [0.3, 0.4) is 0 Å². The Labute approximate surface area is 84.2 Å². The number of rotatable bonds is 4. The molecule has 0 aliphatic heterocycles. The molecule has 0 unspecified atom stereocenters. The van der Waals surface area contributed by atoms with Gasteiger partial charge in [0.1, 0.15) is 6.61 Å². The summed E-state index contributed by atoms with van der Waals surface area (Å²) in [5.41, 5.74) is -0.123. The first-order valence-corrected chi connectivity index (χ1v) is 4.88. The molecule has 0 radical (unpaired) electrons. The van der Waals surface area contributed by atoms with E-state index >= 15 is 0 Å². The quantitative estimate of drug-likeness (QED) is 0.749. The summed E-state index contributed by atoms with van der Waals surface area (Å²) in [6.07, 6.45) is 1.92. The van der Waals surface area contributed by atoms with Gasteiger partial charge in [0.05, 0.1) is 17.8 Å². The largest absolute Gasteiger partial charge is 0.480 e. The highest BCUT2D eigenvalue weighted by Gasteiger charge is 2.33. The average Bonchev–Trinajstić information content (AvgIpc) is 1.90. The predicted molar refractivity (Wildman–Crippen MR) is 51.2 cm³/mol. The highest BCUT2D eigenvalue weighted by atomic mass is 16.5. The lowest BCUT2D eigenvalue weighted by atomic mass is 9.91. The minimum atomic E-state index is -0.912. The van der Waals surface area contributed by atoms with Crippen molar-refractivity contribution in [3.8, 4) is 0 Å². The van der Waals surface area contributed by atoms with Gasteiger partial charge in [-0.15, -0.1) is 0 Å². The van der Waals surface area contributed by atoms with Crippen molar-refractivity contribution in [2.75, 3.05) is 6.61 Å². The molecule has 0 saturated heterocycles. The van der Waals surface area contributed by atoms with Crippen LogP contribution in [0, 0.1) is 0 Å². The van der Waals surface area contributed by atoms with Gasteiger partial charge >= 0.3 is 5.97 Å². The number of aliphatic carboxylic acids is 1. The third-order valence-electron chi connectivity index (χ3n) is 2.01. The molecule has 82 valence electrons. The van der Waals surface area contributed by atoms with Crippen LogP contribution in [-0.4, -0.2) is 35.5 Å². The van der Waals surface area contributed by atoms with Gasteiger partial charge in [0.15, 0.2) is 0 Å². The van der Waals surface area contributed by atoms with Gasteiger partial charge in [0.25, 0.3) is 0 Å². The van der Waals surface area contributed by atoms with Gasteiger partial charge < -0.3 is 14.6 Å². The predicted octanol–water partition coefficient (Wildman–Crippen LogP) is 1.43. The van der Waals surface area contributed by atoms with E-state index in [1.165, 1.54) is 0 Å². The fraction of sp³-hybridized carbons (Fsp3) is 0.900. The molecule has 4 nitrogen and oxygen atoms in total. The topological polar surface area (TPSA) is 55.8 Å². The van der Waals surface area contributed by atoms with Crippen molar-refractivity contribution in [2.45, 2.75) is 51.4 Å². The molecule has 0 atom stereocenters. The van der Waals surface area contributed by atoms with E-state index in [4.69, 9.17) is 14.6 Å². The van der Waals surface area contributed by atoms with Crippen LogP contribution in [0.15, 0.2) is 0 Å². The van der Waals surface area contributed by atoms with Crippen molar-refractivity contribution in [2.24, 2.45) is 0 Å². The molecule has 0 bridgehead atoms. The zero-order valence-corrected chi connectivity index (χ0v) is 8.95. The summed E-state index contributed by atoms with van der Waals surface area (Å²) in [7, 11) is 0. The van der Waals surface area contributed by atoms with Crippen LogP contribution in [0.4, 0.5) is 0 Å². The molecule has 1 fully saturated rings. The summed E-state index contributed by atoms with van der Waals surface area (Å²) in [6.45, 7) is 5.84. The fourth-order valence-corrected chi connectivity index (χ4v) is 1.44. The molecule has 1 aliphatic rings. The Morgan fingerprint density at radius 3 is 2.36 bits per heavy atom. The number of carbonyl (C=O) groups is 1. The minimum Gasteiger partial charge on any atom is -0.480 e. The maximum atomic E-state index is 10.2. The number of carboxylic acid groups (broad SMARTS) is 1. The molecule has 1 rings (SSSR count). The molecule has 1 aliphatic carbocycles. The third kappa shape index (κ3) is 4.07. The van der Waals surface area contributed by atoms with Crippen molar-refractivity contribution >= 4 is 5.97 Å². The van der Waals surface area contributed by atoms with E-state index in [9.17, 15) is 4.79 Å². The second-order valence-corrected chi connectivity index (χ2v) is 4.65. The first-order chi connectivity index (χ1) is 6.37. The van der Waals surface area contributed by atoms with E-state index < -0.39 is 5.97 Å². The van der Waals surface area contributed by atoms with Gasteiger partial charge in [-0.25, -0.2) is 4.79 Å².